The second kappa shape index (κ2) is 7.68. The van der Waals surface area contributed by atoms with Gasteiger partial charge in [-0.25, -0.2) is 14.2 Å². The highest BCUT2D eigenvalue weighted by molar-refractivity contribution is 5.94. The van der Waals surface area contributed by atoms with E-state index in [1.807, 2.05) is 45.9 Å². The predicted octanol–water partition coefficient (Wildman–Crippen LogP) is 4.70. The summed E-state index contributed by atoms with van der Waals surface area (Å²) < 4.78 is 18.4. The first-order chi connectivity index (χ1) is 15.7. The standard InChI is InChI=1S/C26H30N2O5/c1-15-19-13-27-11-10-17-16-8-6-7-9-21(16)28(25(30)33-26(2,3)4)23(17)22(27)12-18(19)20(14-32-15)24(29)31-5/h6-9,13-15,18,22H,10-12H2,1-5H3/t15-,18-,22-/m0/s1. The fourth-order valence-corrected chi connectivity index (χ4v) is 5.38. The third kappa shape index (κ3) is 3.50. The number of fused-ring (bicyclic) bond motifs is 6. The van der Waals surface area contributed by atoms with E-state index >= 15 is 0 Å². The second-order valence-electron chi connectivity index (χ2n) is 9.96. The van der Waals surface area contributed by atoms with Crippen LogP contribution in [-0.2, 0) is 25.4 Å². The smallest absolute Gasteiger partial charge is 0.419 e. The van der Waals surface area contributed by atoms with Crippen LogP contribution in [0.3, 0.4) is 0 Å². The largest absolute Gasteiger partial charge is 0.493 e. The summed E-state index contributed by atoms with van der Waals surface area (Å²) in [7, 11) is 1.39. The summed E-state index contributed by atoms with van der Waals surface area (Å²) in [6.07, 6.45) is 4.65. The molecule has 0 fully saturated rings. The number of hydrogen-bond donors (Lipinski definition) is 0. The summed E-state index contributed by atoms with van der Waals surface area (Å²) in [5.74, 6) is -0.506. The van der Waals surface area contributed by atoms with Crippen LogP contribution in [0, 0.1) is 5.92 Å². The number of nitrogens with zero attached hydrogens (tertiary/aromatic N) is 2. The van der Waals surface area contributed by atoms with Crippen LogP contribution in [0.4, 0.5) is 4.79 Å². The van der Waals surface area contributed by atoms with Crippen LogP contribution < -0.4 is 0 Å². The predicted molar refractivity (Wildman–Crippen MR) is 124 cm³/mol. The van der Waals surface area contributed by atoms with Crippen molar-refractivity contribution < 1.29 is 23.8 Å². The average Bonchev–Trinajstić information content (AvgIpc) is 3.12. The highest BCUT2D eigenvalue weighted by Gasteiger charge is 2.44. The minimum atomic E-state index is -0.611. The lowest BCUT2D eigenvalue weighted by molar-refractivity contribution is -0.137. The number of rotatable bonds is 1. The first kappa shape index (κ1) is 21.6. The Morgan fingerprint density at radius 2 is 1.94 bits per heavy atom. The van der Waals surface area contributed by atoms with Gasteiger partial charge in [0.2, 0.25) is 0 Å². The van der Waals surface area contributed by atoms with Gasteiger partial charge in [-0.2, -0.15) is 0 Å². The van der Waals surface area contributed by atoms with Crippen molar-refractivity contribution in [2.24, 2.45) is 5.92 Å². The van der Waals surface area contributed by atoms with Crippen molar-refractivity contribution in [3.8, 4) is 0 Å². The van der Waals surface area contributed by atoms with Crippen molar-refractivity contribution >= 4 is 23.0 Å². The minimum Gasteiger partial charge on any atom is -0.493 e. The van der Waals surface area contributed by atoms with E-state index in [9.17, 15) is 9.59 Å². The Bertz CT molecular complexity index is 1200. The van der Waals surface area contributed by atoms with Crippen LogP contribution in [-0.4, -0.2) is 46.9 Å². The molecule has 0 unspecified atom stereocenters. The Labute approximate surface area is 193 Å². The quantitative estimate of drug-likeness (QED) is 0.587. The molecule has 7 nitrogen and oxygen atoms in total. The van der Waals surface area contributed by atoms with Gasteiger partial charge in [0.25, 0.3) is 0 Å². The van der Waals surface area contributed by atoms with Crippen LogP contribution in [0.15, 0.2) is 47.9 Å². The van der Waals surface area contributed by atoms with E-state index in [2.05, 4.69) is 17.2 Å². The van der Waals surface area contributed by atoms with Gasteiger partial charge in [0.1, 0.15) is 11.7 Å². The SMILES string of the molecule is COC(=O)C1=CO[C@@H](C)C2=CN3CCc4c(n(C(=O)OC(C)(C)C)c5ccccc45)[C@@H]3C[C@H]12. The molecule has 0 saturated carbocycles. The second-order valence-corrected chi connectivity index (χ2v) is 9.96. The highest BCUT2D eigenvalue weighted by atomic mass is 16.6. The van der Waals surface area contributed by atoms with Crippen LogP contribution in [0.5, 0.6) is 0 Å². The minimum absolute atomic E-state index is 0.0687. The summed E-state index contributed by atoms with van der Waals surface area (Å²) in [4.78, 5) is 28.2. The zero-order valence-electron chi connectivity index (χ0n) is 19.8. The van der Waals surface area contributed by atoms with Gasteiger partial charge in [0.15, 0.2) is 0 Å². The lowest BCUT2D eigenvalue weighted by Gasteiger charge is -2.45. The molecular weight excluding hydrogens is 420 g/mol. The molecule has 174 valence electrons. The van der Waals surface area contributed by atoms with Crippen molar-refractivity contribution in [2.45, 2.75) is 58.3 Å². The number of hydrogen-bond acceptors (Lipinski definition) is 6. The highest BCUT2D eigenvalue weighted by Crippen LogP contribution is 2.48. The van der Waals surface area contributed by atoms with Crippen molar-refractivity contribution in [2.75, 3.05) is 13.7 Å². The number of ether oxygens (including phenoxy) is 3. The molecule has 3 aliphatic rings. The molecule has 0 radical (unpaired) electrons. The Kier molecular flexibility index (Phi) is 5.03. The number of benzene rings is 1. The molecule has 1 aromatic heterocycles. The van der Waals surface area contributed by atoms with Gasteiger partial charge in [0.05, 0.1) is 36.2 Å². The van der Waals surface area contributed by atoms with E-state index in [-0.39, 0.29) is 30.1 Å². The van der Waals surface area contributed by atoms with Gasteiger partial charge in [-0.1, -0.05) is 18.2 Å². The van der Waals surface area contributed by atoms with Crippen molar-refractivity contribution in [1.29, 1.82) is 0 Å². The maximum absolute atomic E-state index is 13.4. The zero-order chi connectivity index (χ0) is 23.5. The lowest BCUT2D eigenvalue weighted by atomic mass is 9.77. The van der Waals surface area contributed by atoms with Crippen molar-refractivity contribution in [1.82, 2.24) is 9.47 Å². The van der Waals surface area contributed by atoms with Crippen LogP contribution in [0.25, 0.3) is 10.9 Å². The Morgan fingerprint density at radius 3 is 2.67 bits per heavy atom. The first-order valence-corrected chi connectivity index (χ1v) is 11.5. The molecular formula is C26H30N2O5. The molecule has 3 aliphatic heterocycles. The molecule has 7 heteroatoms. The maximum Gasteiger partial charge on any atom is 0.419 e. The molecule has 5 rings (SSSR count). The Hall–Kier alpha value is -3.22. The Morgan fingerprint density at radius 1 is 1.18 bits per heavy atom. The summed E-state index contributed by atoms with van der Waals surface area (Å²) >= 11 is 0. The molecule has 4 heterocycles. The molecule has 0 aliphatic carbocycles. The van der Waals surface area contributed by atoms with E-state index in [0.29, 0.717) is 12.0 Å². The topological polar surface area (TPSA) is 70.0 Å². The number of methoxy groups -OCH3 is 1. The van der Waals surface area contributed by atoms with E-state index in [4.69, 9.17) is 14.2 Å². The van der Waals surface area contributed by atoms with Gasteiger partial charge in [-0.3, -0.25) is 0 Å². The molecule has 3 atom stereocenters. The molecule has 2 aromatic rings. The third-order valence-electron chi connectivity index (χ3n) is 6.77. The van der Waals surface area contributed by atoms with Gasteiger partial charge in [-0.05, 0) is 57.7 Å². The zero-order valence-corrected chi connectivity index (χ0v) is 19.8. The number of aromatic nitrogens is 1. The molecule has 0 amide bonds. The molecule has 33 heavy (non-hydrogen) atoms. The maximum atomic E-state index is 13.4. The van der Waals surface area contributed by atoms with Crippen LogP contribution in [0.1, 0.15) is 51.4 Å². The normalized spacial score (nSPS) is 24.0. The first-order valence-electron chi connectivity index (χ1n) is 11.5. The van der Waals surface area contributed by atoms with E-state index in [1.165, 1.54) is 12.7 Å². The van der Waals surface area contributed by atoms with E-state index < -0.39 is 5.60 Å². The van der Waals surface area contributed by atoms with Crippen molar-refractivity contribution in [3.05, 3.63) is 59.1 Å². The van der Waals surface area contributed by atoms with Gasteiger partial charge >= 0.3 is 12.1 Å². The van der Waals surface area contributed by atoms with Crippen molar-refractivity contribution in [3.63, 3.8) is 0 Å². The van der Waals surface area contributed by atoms with E-state index in [0.717, 1.165) is 35.1 Å². The summed E-state index contributed by atoms with van der Waals surface area (Å²) in [6, 6.07) is 7.93. The fourth-order valence-electron chi connectivity index (χ4n) is 5.38. The summed E-state index contributed by atoms with van der Waals surface area (Å²) in [5, 5.41) is 1.08. The number of carbonyl (C=O) groups excluding carboxylic acids is 2. The Balaban J connectivity index is 1.66. The fraction of sp³-hybridized carbons (Fsp3) is 0.462. The molecule has 1 aromatic carbocycles. The summed E-state index contributed by atoms with van der Waals surface area (Å²) in [5.41, 5.74) is 3.97. The van der Waals surface area contributed by atoms with Gasteiger partial charge < -0.3 is 19.1 Å². The number of para-hydroxylation sites is 1. The monoisotopic (exact) mass is 450 g/mol. The molecule has 0 spiro atoms. The lowest BCUT2D eigenvalue weighted by Crippen LogP contribution is -2.42. The van der Waals surface area contributed by atoms with Crippen LogP contribution >= 0.6 is 0 Å². The molecule has 0 saturated heterocycles. The third-order valence-corrected chi connectivity index (χ3v) is 6.77. The number of carbonyl (C=O) groups is 2. The van der Waals surface area contributed by atoms with E-state index in [1.54, 1.807) is 10.8 Å². The number of esters is 1. The summed E-state index contributed by atoms with van der Waals surface area (Å²) in [6.45, 7) is 8.46. The van der Waals surface area contributed by atoms with Gasteiger partial charge in [0, 0.05) is 24.0 Å². The van der Waals surface area contributed by atoms with Gasteiger partial charge in [-0.15, -0.1) is 0 Å². The molecule has 0 bridgehead atoms. The van der Waals surface area contributed by atoms with Crippen LogP contribution in [0.2, 0.25) is 0 Å². The average molecular weight is 451 g/mol. The molecule has 0 N–H and O–H groups in total.